The minimum atomic E-state index is -0.256. The van der Waals surface area contributed by atoms with Crippen LogP contribution in [0.4, 0.5) is 4.39 Å². The fourth-order valence-electron chi connectivity index (χ4n) is 4.26. The lowest BCUT2D eigenvalue weighted by atomic mass is 9.94. The van der Waals surface area contributed by atoms with E-state index in [0.717, 1.165) is 43.3 Å². The number of hydrogen-bond acceptors (Lipinski definition) is 3. The standard InChI is InChI=1S/C21H27FN4O/c22-19-8-6-17(7-9-19)18-14-23-26(15-18)16-21(27)25-12-10-24(11-13-25)20-4-2-1-3-5-20/h6-9,14-15,20H,1-5,10-13,16H2. The summed E-state index contributed by atoms with van der Waals surface area (Å²) in [4.78, 5) is 17.2. The van der Waals surface area contributed by atoms with Crippen LogP contribution >= 0.6 is 0 Å². The summed E-state index contributed by atoms with van der Waals surface area (Å²) in [5, 5.41) is 4.30. The molecule has 0 unspecified atom stereocenters. The minimum absolute atomic E-state index is 0.118. The van der Waals surface area contributed by atoms with E-state index in [1.54, 1.807) is 23.0 Å². The van der Waals surface area contributed by atoms with Crippen molar-refractivity contribution in [2.24, 2.45) is 0 Å². The Balaban J connectivity index is 1.30. The Hall–Kier alpha value is -2.21. The minimum Gasteiger partial charge on any atom is -0.339 e. The molecular weight excluding hydrogens is 343 g/mol. The molecule has 2 heterocycles. The largest absolute Gasteiger partial charge is 0.339 e. The molecule has 2 fully saturated rings. The lowest BCUT2D eigenvalue weighted by Crippen LogP contribution is -2.52. The van der Waals surface area contributed by atoms with Crippen LogP contribution in [0.5, 0.6) is 0 Å². The summed E-state index contributed by atoms with van der Waals surface area (Å²) in [5.74, 6) is -0.138. The third-order valence-corrected chi connectivity index (χ3v) is 5.87. The van der Waals surface area contributed by atoms with Gasteiger partial charge in [0, 0.05) is 44.0 Å². The quantitative estimate of drug-likeness (QED) is 0.830. The summed E-state index contributed by atoms with van der Waals surface area (Å²) in [6, 6.07) is 7.04. The van der Waals surface area contributed by atoms with Crippen LogP contribution in [-0.2, 0) is 11.3 Å². The molecule has 5 nitrogen and oxygen atoms in total. The molecule has 6 heteroatoms. The summed E-state index contributed by atoms with van der Waals surface area (Å²) in [5.41, 5.74) is 1.79. The third kappa shape index (κ3) is 4.38. The normalized spacial score (nSPS) is 19.4. The third-order valence-electron chi connectivity index (χ3n) is 5.87. The Kier molecular flexibility index (Phi) is 5.53. The molecule has 0 radical (unpaired) electrons. The second-order valence-electron chi connectivity index (χ2n) is 7.64. The van der Waals surface area contributed by atoms with Crippen LogP contribution in [0.25, 0.3) is 11.1 Å². The first-order valence-electron chi connectivity index (χ1n) is 9.99. The van der Waals surface area contributed by atoms with E-state index in [1.165, 1.54) is 44.2 Å². The number of benzene rings is 1. The molecular formula is C21H27FN4O. The van der Waals surface area contributed by atoms with Gasteiger partial charge in [0.25, 0.3) is 0 Å². The van der Waals surface area contributed by atoms with Crippen LogP contribution in [0.15, 0.2) is 36.7 Å². The van der Waals surface area contributed by atoms with Crippen molar-refractivity contribution in [2.45, 2.75) is 44.7 Å². The smallest absolute Gasteiger partial charge is 0.244 e. The van der Waals surface area contributed by atoms with Gasteiger partial charge in [0.05, 0.1) is 6.20 Å². The molecule has 0 N–H and O–H groups in total. The number of rotatable bonds is 4. The van der Waals surface area contributed by atoms with E-state index in [0.29, 0.717) is 0 Å². The van der Waals surface area contributed by atoms with Gasteiger partial charge in [0.1, 0.15) is 12.4 Å². The Morgan fingerprint density at radius 3 is 2.41 bits per heavy atom. The molecule has 1 aromatic heterocycles. The molecule has 1 amide bonds. The van der Waals surface area contributed by atoms with Gasteiger partial charge in [-0.05, 0) is 30.5 Å². The molecule has 1 aliphatic carbocycles. The molecule has 0 bridgehead atoms. The number of hydrogen-bond donors (Lipinski definition) is 0. The lowest BCUT2D eigenvalue weighted by Gasteiger charge is -2.40. The van der Waals surface area contributed by atoms with Crippen LogP contribution in [0.1, 0.15) is 32.1 Å². The molecule has 2 aromatic rings. The van der Waals surface area contributed by atoms with Gasteiger partial charge in [-0.2, -0.15) is 5.10 Å². The fraction of sp³-hybridized carbons (Fsp3) is 0.524. The van der Waals surface area contributed by atoms with E-state index >= 15 is 0 Å². The van der Waals surface area contributed by atoms with Gasteiger partial charge in [-0.15, -0.1) is 0 Å². The zero-order valence-electron chi connectivity index (χ0n) is 15.7. The molecule has 2 aliphatic rings. The van der Waals surface area contributed by atoms with Gasteiger partial charge in [-0.1, -0.05) is 31.4 Å². The van der Waals surface area contributed by atoms with E-state index in [2.05, 4.69) is 10.00 Å². The highest BCUT2D eigenvalue weighted by Crippen LogP contribution is 2.23. The van der Waals surface area contributed by atoms with E-state index in [4.69, 9.17) is 0 Å². The zero-order chi connectivity index (χ0) is 18.6. The number of piperazine rings is 1. The van der Waals surface area contributed by atoms with Crippen molar-refractivity contribution < 1.29 is 9.18 Å². The number of carbonyl (C=O) groups is 1. The first kappa shape index (κ1) is 18.2. The fourth-order valence-corrected chi connectivity index (χ4v) is 4.26. The molecule has 1 aromatic carbocycles. The first-order chi connectivity index (χ1) is 13.2. The molecule has 144 valence electrons. The molecule has 1 aliphatic heterocycles. The van der Waals surface area contributed by atoms with Crippen LogP contribution in [0, 0.1) is 5.82 Å². The second-order valence-corrected chi connectivity index (χ2v) is 7.64. The van der Waals surface area contributed by atoms with Crippen LogP contribution in [0.2, 0.25) is 0 Å². The molecule has 0 atom stereocenters. The highest BCUT2D eigenvalue weighted by molar-refractivity contribution is 5.76. The van der Waals surface area contributed by atoms with Crippen LogP contribution in [0.3, 0.4) is 0 Å². The van der Waals surface area contributed by atoms with Crippen molar-refractivity contribution in [3.05, 3.63) is 42.5 Å². The number of amides is 1. The highest BCUT2D eigenvalue weighted by atomic mass is 19.1. The van der Waals surface area contributed by atoms with Gasteiger partial charge in [-0.3, -0.25) is 14.4 Å². The number of aromatic nitrogens is 2. The van der Waals surface area contributed by atoms with Gasteiger partial charge in [0.2, 0.25) is 5.91 Å². The van der Waals surface area contributed by atoms with Gasteiger partial charge in [0.15, 0.2) is 0 Å². The van der Waals surface area contributed by atoms with Gasteiger partial charge >= 0.3 is 0 Å². The maximum Gasteiger partial charge on any atom is 0.244 e. The lowest BCUT2D eigenvalue weighted by molar-refractivity contribution is -0.134. The summed E-state index contributed by atoms with van der Waals surface area (Å²) in [6.07, 6.45) is 10.3. The van der Waals surface area contributed by atoms with E-state index in [9.17, 15) is 9.18 Å². The Morgan fingerprint density at radius 2 is 1.70 bits per heavy atom. The molecule has 0 spiro atoms. The zero-order valence-corrected chi connectivity index (χ0v) is 15.7. The monoisotopic (exact) mass is 370 g/mol. The number of nitrogens with zero attached hydrogens (tertiary/aromatic N) is 4. The summed E-state index contributed by atoms with van der Waals surface area (Å²) in [6.45, 7) is 3.83. The van der Waals surface area contributed by atoms with Crippen molar-refractivity contribution in [2.75, 3.05) is 26.2 Å². The molecule has 4 rings (SSSR count). The average Bonchev–Trinajstić information content (AvgIpc) is 3.18. The number of halogens is 1. The van der Waals surface area contributed by atoms with Crippen molar-refractivity contribution >= 4 is 5.91 Å². The second kappa shape index (κ2) is 8.21. The maximum atomic E-state index is 13.1. The number of carbonyl (C=O) groups excluding carboxylic acids is 1. The predicted octanol–water partition coefficient (Wildman–Crippen LogP) is 3.17. The van der Waals surface area contributed by atoms with E-state index < -0.39 is 0 Å². The van der Waals surface area contributed by atoms with Crippen molar-refractivity contribution in [1.82, 2.24) is 19.6 Å². The topological polar surface area (TPSA) is 41.4 Å². The van der Waals surface area contributed by atoms with Gasteiger partial charge in [-0.25, -0.2) is 4.39 Å². The van der Waals surface area contributed by atoms with Crippen LogP contribution < -0.4 is 0 Å². The van der Waals surface area contributed by atoms with Crippen LogP contribution in [-0.4, -0.2) is 57.7 Å². The highest BCUT2D eigenvalue weighted by Gasteiger charge is 2.27. The predicted molar refractivity (Wildman–Crippen MR) is 103 cm³/mol. The summed E-state index contributed by atoms with van der Waals surface area (Å²) in [7, 11) is 0. The Labute approximate surface area is 159 Å². The SMILES string of the molecule is O=C(Cn1cc(-c2ccc(F)cc2)cn1)N1CCN(C2CCCCC2)CC1. The van der Waals surface area contributed by atoms with E-state index in [1.807, 2.05) is 11.1 Å². The van der Waals surface area contributed by atoms with Gasteiger partial charge < -0.3 is 4.90 Å². The molecule has 1 saturated carbocycles. The van der Waals surface area contributed by atoms with E-state index in [-0.39, 0.29) is 18.3 Å². The average molecular weight is 370 g/mol. The molecule has 27 heavy (non-hydrogen) atoms. The van der Waals surface area contributed by atoms with Crippen molar-refractivity contribution in [3.8, 4) is 11.1 Å². The van der Waals surface area contributed by atoms with Crippen molar-refractivity contribution in [3.63, 3.8) is 0 Å². The molecule has 1 saturated heterocycles. The Bertz CT molecular complexity index is 759. The first-order valence-corrected chi connectivity index (χ1v) is 9.99. The van der Waals surface area contributed by atoms with Crippen molar-refractivity contribution in [1.29, 1.82) is 0 Å². The Morgan fingerprint density at radius 1 is 1.00 bits per heavy atom. The summed E-state index contributed by atoms with van der Waals surface area (Å²) < 4.78 is 14.7. The summed E-state index contributed by atoms with van der Waals surface area (Å²) >= 11 is 0. The maximum absolute atomic E-state index is 13.1.